The lowest BCUT2D eigenvalue weighted by molar-refractivity contribution is -0.132. The summed E-state index contributed by atoms with van der Waals surface area (Å²) in [5, 5.41) is 9.20. The maximum Gasteiger partial charge on any atom is 0.331 e. The minimum absolute atomic E-state index is 0.363. The molecule has 0 saturated heterocycles. The molecule has 0 aromatic rings. The largest absolute Gasteiger partial charge is 0.478 e. The van der Waals surface area contributed by atoms with Crippen molar-refractivity contribution in [2.75, 3.05) is 0 Å². The first-order valence-electron chi connectivity index (χ1n) is 7.79. The maximum atomic E-state index is 11.2. The Labute approximate surface area is 117 Å². The minimum Gasteiger partial charge on any atom is -0.478 e. The quantitative estimate of drug-likeness (QED) is 0.737. The van der Waals surface area contributed by atoms with Gasteiger partial charge < -0.3 is 5.11 Å². The number of carboxylic acid groups (broad SMARTS) is 1. The number of allylic oxidation sites excluding steroid dienone is 1. The Bertz CT molecular complexity index is 392. The van der Waals surface area contributed by atoms with Crippen LogP contribution >= 0.6 is 0 Å². The summed E-state index contributed by atoms with van der Waals surface area (Å²) in [7, 11) is 0. The number of hydrogen-bond acceptors (Lipinski definition) is 1. The predicted octanol–water partition coefficient (Wildman–Crippen LogP) is 4.65. The molecule has 2 heteroatoms. The summed E-state index contributed by atoms with van der Waals surface area (Å²) in [6.07, 6.45) is 7.20. The molecule has 1 N–H and O–H groups in total. The Morgan fingerprint density at radius 3 is 2.58 bits per heavy atom. The Morgan fingerprint density at radius 1 is 1.32 bits per heavy atom. The summed E-state index contributed by atoms with van der Waals surface area (Å²) in [6, 6.07) is 0. The minimum atomic E-state index is -0.728. The van der Waals surface area contributed by atoms with Crippen molar-refractivity contribution in [3.8, 4) is 0 Å². The lowest BCUT2D eigenvalue weighted by Crippen LogP contribution is -2.43. The van der Waals surface area contributed by atoms with Gasteiger partial charge in [-0.1, -0.05) is 32.8 Å². The molecule has 0 heterocycles. The molecule has 2 nitrogen and oxygen atoms in total. The van der Waals surface area contributed by atoms with Gasteiger partial charge in [-0.05, 0) is 62.2 Å². The SMILES string of the molecule is CC[C@@H]1CC[C@@H]2CCC(=C(C)C(=O)O)C[C@@H]2C1(C)C. The molecule has 0 spiro atoms. The van der Waals surface area contributed by atoms with E-state index in [1.165, 1.54) is 31.3 Å². The van der Waals surface area contributed by atoms with Crippen LogP contribution < -0.4 is 0 Å². The number of carboxylic acids is 1. The summed E-state index contributed by atoms with van der Waals surface area (Å²) in [6.45, 7) is 8.91. The van der Waals surface area contributed by atoms with Gasteiger partial charge in [0.15, 0.2) is 0 Å². The zero-order valence-electron chi connectivity index (χ0n) is 12.8. The smallest absolute Gasteiger partial charge is 0.331 e. The lowest BCUT2D eigenvalue weighted by Gasteiger charge is -2.52. The van der Waals surface area contributed by atoms with Crippen molar-refractivity contribution < 1.29 is 9.90 Å². The molecule has 2 aliphatic rings. The number of hydrogen-bond donors (Lipinski definition) is 1. The Morgan fingerprint density at radius 2 is 2.00 bits per heavy atom. The van der Waals surface area contributed by atoms with Gasteiger partial charge >= 0.3 is 5.97 Å². The van der Waals surface area contributed by atoms with Crippen molar-refractivity contribution in [2.24, 2.45) is 23.2 Å². The van der Waals surface area contributed by atoms with E-state index in [0.29, 0.717) is 16.9 Å². The van der Waals surface area contributed by atoms with E-state index in [2.05, 4.69) is 20.8 Å². The predicted molar refractivity (Wildman–Crippen MR) is 78.0 cm³/mol. The molecule has 0 aromatic heterocycles. The third-order valence-electron chi connectivity index (χ3n) is 6.09. The topological polar surface area (TPSA) is 37.3 Å². The highest BCUT2D eigenvalue weighted by Gasteiger charge is 2.46. The molecule has 0 amide bonds. The number of fused-ring (bicyclic) bond motifs is 1. The number of carbonyl (C=O) groups is 1. The molecule has 3 atom stereocenters. The zero-order chi connectivity index (χ0) is 14.2. The fourth-order valence-electron chi connectivity index (χ4n) is 4.62. The van der Waals surface area contributed by atoms with Crippen LogP contribution in [0.5, 0.6) is 0 Å². The van der Waals surface area contributed by atoms with Gasteiger partial charge in [-0.25, -0.2) is 4.79 Å². The lowest BCUT2D eigenvalue weighted by atomic mass is 9.53. The third kappa shape index (κ3) is 2.59. The molecular formula is C17H28O2. The standard InChI is InChI=1S/C17H28O2/c1-5-14-9-8-12-6-7-13(11(2)16(18)19)10-15(12)17(14,3)4/h12,14-15H,5-10H2,1-4H3,(H,18,19)/t12-,14+,15-/m0/s1. The van der Waals surface area contributed by atoms with E-state index in [-0.39, 0.29) is 0 Å². The van der Waals surface area contributed by atoms with Crippen LogP contribution in [-0.4, -0.2) is 11.1 Å². The summed E-state index contributed by atoms with van der Waals surface area (Å²) < 4.78 is 0. The second-order valence-corrected chi connectivity index (χ2v) is 7.15. The summed E-state index contributed by atoms with van der Waals surface area (Å²) >= 11 is 0. The van der Waals surface area contributed by atoms with Gasteiger partial charge in [-0.2, -0.15) is 0 Å². The van der Waals surface area contributed by atoms with Crippen molar-refractivity contribution in [3.05, 3.63) is 11.1 Å². The van der Waals surface area contributed by atoms with Crippen LogP contribution in [0.4, 0.5) is 0 Å². The van der Waals surface area contributed by atoms with Crippen LogP contribution in [-0.2, 0) is 4.79 Å². The van der Waals surface area contributed by atoms with Crippen molar-refractivity contribution in [1.82, 2.24) is 0 Å². The van der Waals surface area contributed by atoms with E-state index in [1.54, 1.807) is 6.92 Å². The van der Waals surface area contributed by atoms with E-state index in [0.717, 1.165) is 24.7 Å². The molecule has 2 aliphatic carbocycles. The van der Waals surface area contributed by atoms with Crippen molar-refractivity contribution in [3.63, 3.8) is 0 Å². The van der Waals surface area contributed by atoms with Gasteiger partial charge in [0, 0.05) is 5.57 Å². The van der Waals surface area contributed by atoms with Gasteiger partial charge in [-0.3, -0.25) is 0 Å². The number of aliphatic carboxylic acids is 1. The van der Waals surface area contributed by atoms with Crippen LogP contribution in [0.1, 0.15) is 66.2 Å². The van der Waals surface area contributed by atoms with Crippen molar-refractivity contribution >= 4 is 5.97 Å². The molecule has 19 heavy (non-hydrogen) atoms. The van der Waals surface area contributed by atoms with Gasteiger partial charge in [0.1, 0.15) is 0 Å². The van der Waals surface area contributed by atoms with Crippen molar-refractivity contribution in [2.45, 2.75) is 66.2 Å². The van der Waals surface area contributed by atoms with Crippen LogP contribution in [0.2, 0.25) is 0 Å². The van der Waals surface area contributed by atoms with Crippen LogP contribution in [0, 0.1) is 23.2 Å². The molecular weight excluding hydrogens is 236 g/mol. The number of rotatable bonds is 2. The average Bonchev–Trinajstić information content (AvgIpc) is 2.37. The fourth-order valence-corrected chi connectivity index (χ4v) is 4.62. The van der Waals surface area contributed by atoms with Crippen LogP contribution in [0.15, 0.2) is 11.1 Å². The monoisotopic (exact) mass is 264 g/mol. The summed E-state index contributed by atoms with van der Waals surface area (Å²) in [4.78, 5) is 11.2. The molecule has 2 fully saturated rings. The summed E-state index contributed by atoms with van der Waals surface area (Å²) in [5.74, 6) is 1.58. The van der Waals surface area contributed by atoms with Gasteiger partial charge in [-0.15, -0.1) is 0 Å². The zero-order valence-corrected chi connectivity index (χ0v) is 12.8. The van der Waals surface area contributed by atoms with Gasteiger partial charge in [0.05, 0.1) is 0 Å². The highest BCUT2D eigenvalue weighted by molar-refractivity contribution is 5.86. The second-order valence-electron chi connectivity index (χ2n) is 7.15. The first-order valence-corrected chi connectivity index (χ1v) is 7.79. The Balaban J connectivity index is 2.24. The Kier molecular flexibility index (Phi) is 4.08. The first kappa shape index (κ1) is 14.6. The average molecular weight is 264 g/mol. The van der Waals surface area contributed by atoms with E-state index in [1.807, 2.05) is 0 Å². The molecule has 2 rings (SSSR count). The highest BCUT2D eigenvalue weighted by atomic mass is 16.4. The van der Waals surface area contributed by atoms with Crippen molar-refractivity contribution in [1.29, 1.82) is 0 Å². The molecule has 0 unspecified atom stereocenters. The highest BCUT2D eigenvalue weighted by Crippen LogP contribution is 2.55. The van der Waals surface area contributed by atoms with Crippen LogP contribution in [0.25, 0.3) is 0 Å². The fraction of sp³-hybridized carbons (Fsp3) is 0.824. The van der Waals surface area contributed by atoms with E-state index in [4.69, 9.17) is 0 Å². The van der Waals surface area contributed by atoms with E-state index >= 15 is 0 Å². The molecule has 0 aliphatic heterocycles. The molecule has 2 saturated carbocycles. The van der Waals surface area contributed by atoms with E-state index < -0.39 is 5.97 Å². The van der Waals surface area contributed by atoms with Gasteiger partial charge in [0.25, 0.3) is 0 Å². The first-order chi connectivity index (χ1) is 8.87. The third-order valence-corrected chi connectivity index (χ3v) is 6.09. The molecule has 0 aromatic carbocycles. The molecule has 108 valence electrons. The molecule has 0 radical (unpaired) electrons. The van der Waals surface area contributed by atoms with E-state index in [9.17, 15) is 9.90 Å². The maximum absolute atomic E-state index is 11.2. The Hall–Kier alpha value is -0.790. The molecule has 0 bridgehead atoms. The van der Waals surface area contributed by atoms with Crippen LogP contribution in [0.3, 0.4) is 0 Å². The second kappa shape index (κ2) is 5.30. The van der Waals surface area contributed by atoms with Gasteiger partial charge in [0.2, 0.25) is 0 Å². The summed E-state index contributed by atoms with van der Waals surface area (Å²) in [5.41, 5.74) is 2.17. The normalized spacial score (nSPS) is 36.5.